The van der Waals surface area contributed by atoms with E-state index >= 15 is 0 Å². The topological polar surface area (TPSA) is 67.2 Å². The van der Waals surface area contributed by atoms with E-state index in [2.05, 4.69) is 10.4 Å². The van der Waals surface area contributed by atoms with Crippen LogP contribution in [0.2, 0.25) is 0 Å². The molecule has 0 spiro atoms. The van der Waals surface area contributed by atoms with Gasteiger partial charge in [0.2, 0.25) is 0 Å². The van der Waals surface area contributed by atoms with Gasteiger partial charge in [0.15, 0.2) is 0 Å². The van der Waals surface area contributed by atoms with Crippen molar-refractivity contribution >= 4 is 5.91 Å². The number of aliphatic hydroxyl groups is 1. The van der Waals surface area contributed by atoms with E-state index in [0.29, 0.717) is 12.0 Å². The van der Waals surface area contributed by atoms with Crippen molar-refractivity contribution < 1.29 is 9.90 Å². The highest BCUT2D eigenvalue weighted by Crippen LogP contribution is 2.16. The van der Waals surface area contributed by atoms with Gasteiger partial charge in [-0.15, -0.1) is 0 Å². The first-order chi connectivity index (χ1) is 10.6. The summed E-state index contributed by atoms with van der Waals surface area (Å²) in [7, 11) is 0. The average molecular weight is 301 g/mol. The Morgan fingerprint density at radius 2 is 2.00 bits per heavy atom. The normalized spacial score (nSPS) is 13.6. The first-order valence-electron chi connectivity index (χ1n) is 7.62. The molecule has 0 fully saturated rings. The molecule has 0 aliphatic heterocycles. The van der Waals surface area contributed by atoms with Gasteiger partial charge in [0.1, 0.15) is 0 Å². The fourth-order valence-corrected chi connectivity index (χ4v) is 2.28. The minimum absolute atomic E-state index is 0.0122. The van der Waals surface area contributed by atoms with Crippen molar-refractivity contribution in [3.63, 3.8) is 0 Å². The molecule has 2 rings (SSSR count). The smallest absolute Gasteiger partial charge is 0.254 e. The van der Waals surface area contributed by atoms with Crippen molar-refractivity contribution in [2.24, 2.45) is 5.92 Å². The summed E-state index contributed by atoms with van der Waals surface area (Å²) >= 11 is 0. The monoisotopic (exact) mass is 301 g/mol. The van der Waals surface area contributed by atoms with Crippen LogP contribution in [0.3, 0.4) is 0 Å². The highest BCUT2D eigenvalue weighted by atomic mass is 16.3. The Morgan fingerprint density at radius 3 is 2.59 bits per heavy atom. The zero-order valence-corrected chi connectivity index (χ0v) is 13.3. The molecule has 118 valence electrons. The van der Waals surface area contributed by atoms with Crippen LogP contribution in [0.4, 0.5) is 0 Å². The summed E-state index contributed by atoms with van der Waals surface area (Å²) in [6, 6.07) is 9.67. The number of carbonyl (C=O) groups excluding carboxylic acids is 1. The Hall–Kier alpha value is -2.14. The molecule has 22 heavy (non-hydrogen) atoms. The van der Waals surface area contributed by atoms with E-state index in [1.807, 2.05) is 51.1 Å². The molecule has 0 radical (unpaired) electrons. The van der Waals surface area contributed by atoms with Crippen LogP contribution in [0.5, 0.6) is 0 Å². The summed E-state index contributed by atoms with van der Waals surface area (Å²) in [6.07, 6.45) is 2.32. The van der Waals surface area contributed by atoms with Crippen LogP contribution < -0.4 is 5.32 Å². The number of nitrogens with one attached hydrogen (secondary N) is 1. The predicted octanol–water partition coefficient (Wildman–Crippen LogP) is 2.18. The maximum Gasteiger partial charge on any atom is 0.254 e. The number of rotatable bonds is 6. The van der Waals surface area contributed by atoms with Gasteiger partial charge in [-0.2, -0.15) is 5.10 Å². The van der Waals surface area contributed by atoms with Crippen molar-refractivity contribution in [3.05, 3.63) is 47.8 Å². The van der Waals surface area contributed by atoms with Crippen molar-refractivity contribution in [2.45, 2.75) is 33.2 Å². The van der Waals surface area contributed by atoms with Crippen molar-refractivity contribution in [1.82, 2.24) is 15.1 Å². The van der Waals surface area contributed by atoms with Crippen LogP contribution in [0, 0.1) is 5.92 Å². The van der Waals surface area contributed by atoms with Crippen molar-refractivity contribution in [1.29, 1.82) is 0 Å². The second kappa shape index (κ2) is 7.22. The van der Waals surface area contributed by atoms with E-state index in [9.17, 15) is 9.90 Å². The maximum absolute atomic E-state index is 12.5. The summed E-state index contributed by atoms with van der Waals surface area (Å²) in [6.45, 7) is 5.85. The van der Waals surface area contributed by atoms with Gasteiger partial charge in [-0.25, -0.2) is 4.68 Å². The summed E-state index contributed by atoms with van der Waals surface area (Å²) in [5.41, 5.74) is 2.41. The van der Waals surface area contributed by atoms with E-state index < -0.39 is 0 Å². The third kappa shape index (κ3) is 3.36. The lowest BCUT2D eigenvalue weighted by molar-refractivity contribution is 0.0915. The third-order valence-electron chi connectivity index (χ3n) is 3.95. The second-order valence-electron chi connectivity index (χ2n) is 5.53. The van der Waals surface area contributed by atoms with Gasteiger partial charge in [0.05, 0.1) is 23.1 Å². The first kappa shape index (κ1) is 16.2. The molecule has 0 saturated heterocycles. The molecule has 5 heteroatoms. The molecule has 2 N–H and O–H groups in total. The molecular weight excluding hydrogens is 278 g/mol. The molecule has 0 aliphatic carbocycles. The largest absolute Gasteiger partial charge is 0.396 e. The lowest BCUT2D eigenvalue weighted by Crippen LogP contribution is -2.38. The van der Waals surface area contributed by atoms with Crippen LogP contribution in [0.1, 0.15) is 36.8 Å². The van der Waals surface area contributed by atoms with E-state index in [1.54, 1.807) is 10.9 Å². The molecule has 5 nitrogen and oxygen atoms in total. The summed E-state index contributed by atoms with van der Waals surface area (Å²) in [5.74, 6) is -0.134. The Bertz CT molecular complexity index is 622. The molecule has 2 aromatic rings. The Balaban J connectivity index is 2.26. The second-order valence-corrected chi connectivity index (χ2v) is 5.53. The molecular formula is C17H23N3O2. The molecule has 2 atom stereocenters. The Labute approximate surface area is 131 Å². The van der Waals surface area contributed by atoms with Gasteiger partial charge in [0, 0.05) is 12.6 Å². The highest BCUT2D eigenvalue weighted by molar-refractivity contribution is 5.95. The molecule has 1 aromatic heterocycles. The maximum atomic E-state index is 12.5. The van der Waals surface area contributed by atoms with E-state index in [1.165, 1.54) is 0 Å². The number of aromatic nitrogens is 2. The van der Waals surface area contributed by atoms with Gasteiger partial charge >= 0.3 is 0 Å². The molecule has 0 bridgehead atoms. The van der Waals surface area contributed by atoms with Crippen LogP contribution in [0.25, 0.3) is 5.69 Å². The van der Waals surface area contributed by atoms with Crippen LogP contribution in [0.15, 0.2) is 36.5 Å². The Kier molecular flexibility index (Phi) is 5.33. The zero-order chi connectivity index (χ0) is 16.1. The van der Waals surface area contributed by atoms with Crippen LogP contribution in [-0.4, -0.2) is 33.4 Å². The number of benzene rings is 1. The summed E-state index contributed by atoms with van der Waals surface area (Å²) < 4.78 is 1.80. The highest BCUT2D eigenvalue weighted by Gasteiger charge is 2.20. The van der Waals surface area contributed by atoms with E-state index in [4.69, 9.17) is 0 Å². The van der Waals surface area contributed by atoms with E-state index in [-0.39, 0.29) is 24.5 Å². The van der Waals surface area contributed by atoms with Crippen LogP contribution >= 0.6 is 0 Å². The SMILES string of the molecule is CCc1c(C(=O)NC(C)C(C)CO)cnn1-c1ccccc1. The number of hydrogen-bond donors (Lipinski definition) is 2. The lowest BCUT2D eigenvalue weighted by Gasteiger charge is -2.19. The van der Waals surface area contributed by atoms with Gasteiger partial charge in [-0.1, -0.05) is 32.0 Å². The minimum Gasteiger partial charge on any atom is -0.396 e. The van der Waals surface area contributed by atoms with Crippen molar-refractivity contribution in [3.8, 4) is 5.69 Å². The quantitative estimate of drug-likeness (QED) is 0.859. The minimum atomic E-state index is -0.146. The molecule has 1 aromatic carbocycles. The fourth-order valence-electron chi connectivity index (χ4n) is 2.28. The molecule has 1 heterocycles. The molecule has 1 amide bonds. The predicted molar refractivity (Wildman–Crippen MR) is 86.1 cm³/mol. The number of nitrogens with zero attached hydrogens (tertiary/aromatic N) is 2. The molecule has 2 unspecified atom stereocenters. The van der Waals surface area contributed by atoms with E-state index in [0.717, 1.165) is 11.4 Å². The van der Waals surface area contributed by atoms with Gasteiger partial charge in [0.25, 0.3) is 5.91 Å². The standard InChI is InChI=1S/C17H23N3O2/c1-4-16-15(17(22)19-13(3)12(2)11-21)10-18-20(16)14-8-6-5-7-9-14/h5-10,12-13,21H,4,11H2,1-3H3,(H,19,22). The molecule has 0 saturated carbocycles. The number of para-hydroxylation sites is 1. The number of amides is 1. The third-order valence-corrected chi connectivity index (χ3v) is 3.95. The number of aliphatic hydroxyl groups excluding tert-OH is 1. The fraction of sp³-hybridized carbons (Fsp3) is 0.412. The van der Waals surface area contributed by atoms with Crippen LogP contribution in [-0.2, 0) is 6.42 Å². The Morgan fingerprint density at radius 1 is 1.32 bits per heavy atom. The lowest BCUT2D eigenvalue weighted by atomic mass is 10.0. The van der Waals surface area contributed by atoms with Gasteiger partial charge in [-0.05, 0) is 31.4 Å². The van der Waals surface area contributed by atoms with Gasteiger partial charge < -0.3 is 10.4 Å². The summed E-state index contributed by atoms with van der Waals surface area (Å²) in [5, 5.41) is 16.5. The van der Waals surface area contributed by atoms with Crippen molar-refractivity contribution in [2.75, 3.05) is 6.61 Å². The number of hydrogen-bond acceptors (Lipinski definition) is 3. The molecule has 0 aliphatic rings. The first-order valence-corrected chi connectivity index (χ1v) is 7.62. The van der Waals surface area contributed by atoms with Gasteiger partial charge in [-0.3, -0.25) is 4.79 Å². The average Bonchev–Trinajstić information content (AvgIpc) is 2.98. The number of carbonyl (C=O) groups is 1. The summed E-state index contributed by atoms with van der Waals surface area (Å²) in [4.78, 5) is 12.5. The zero-order valence-electron chi connectivity index (χ0n) is 13.3.